The van der Waals surface area contributed by atoms with Gasteiger partial charge in [-0.15, -0.1) is 0 Å². The highest BCUT2D eigenvalue weighted by Crippen LogP contribution is 2.31. The maximum atomic E-state index is 12.3. The molecule has 1 aromatic rings. The Hall–Kier alpha value is -0.780. The molecule has 1 aliphatic carbocycles. The molecule has 2 atom stereocenters. The quantitative estimate of drug-likeness (QED) is 0.839. The maximum absolute atomic E-state index is 12.3. The second-order valence-electron chi connectivity index (χ2n) is 5.66. The summed E-state index contributed by atoms with van der Waals surface area (Å²) >= 11 is 6.04. The Balaban J connectivity index is 2.16. The minimum Gasteiger partial charge on any atom is -0.398 e. The van der Waals surface area contributed by atoms with E-state index in [1.807, 2.05) is 0 Å². The third-order valence-electron chi connectivity index (χ3n) is 4.18. The van der Waals surface area contributed by atoms with Crippen LogP contribution in [0.4, 0.5) is 5.69 Å². The molecule has 1 fully saturated rings. The average molecular weight is 317 g/mol. The highest BCUT2D eigenvalue weighted by Gasteiger charge is 2.26. The molecule has 0 radical (unpaired) electrons. The Bertz CT molecular complexity index is 601. The summed E-state index contributed by atoms with van der Waals surface area (Å²) < 4.78 is 27.3. The molecule has 20 heavy (non-hydrogen) atoms. The summed E-state index contributed by atoms with van der Waals surface area (Å²) in [5, 5.41) is 0.212. The van der Waals surface area contributed by atoms with Crippen molar-refractivity contribution >= 4 is 27.3 Å². The van der Waals surface area contributed by atoms with Gasteiger partial charge in [-0.1, -0.05) is 31.4 Å². The van der Waals surface area contributed by atoms with Gasteiger partial charge in [0.1, 0.15) is 4.90 Å². The molecule has 2 rings (SSSR count). The molecule has 0 aromatic heterocycles. The Labute approximate surface area is 125 Å². The zero-order valence-electron chi connectivity index (χ0n) is 11.8. The molecule has 0 bridgehead atoms. The number of aryl methyl sites for hydroxylation is 1. The SMILES string of the molecule is Cc1cc(Cl)c(S(=O)(=O)NCC2CCCC2C)cc1N. The van der Waals surface area contributed by atoms with Gasteiger partial charge < -0.3 is 5.73 Å². The molecule has 0 spiro atoms. The minimum absolute atomic E-state index is 0.0629. The van der Waals surface area contributed by atoms with Crippen molar-refractivity contribution in [3.05, 3.63) is 22.7 Å². The van der Waals surface area contributed by atoms with Gasteiger partial charge in [0.2, 0.25) is 10.0 Å². The van der Waals surface area contributed by atoms with E-state index in [1.54, 1.807) is 13.0 Å². The van der Waals surface area contributed by atoms with Crippen LogP contribution >= 0.6 is 11.6 Å². The second kappa shape index (κ2) is 5.92. The Kier molecular flexibility index (Phi) is 4.62. The number of halogens is 1. The molecule has 6 heteroatoms. The maximum Gasteiger partial charge on any atom is 0.242 e. The van der Waals surface area contributed by atoms with E-state index in [1.165, 1.54) is 18.9 Å². The molecule has 1 aliphatic rings. The van der Waals surface area contributed by atoms with Crippen molar-refractivity contribution in [1.82, 2.24) is 4.72 Å². The molecule has 3 N–H and O–H groups in total. The fourth-order valence-electron chi connectivity index (χ4n) is 2.69. The molecule has 4 nitrogen and oxygen atoms in total. The number of rotatable bonds is 4. The summed E-state index contributed by atoms with van der Waals surface area (Å²) in [7, 11) is -3.60. The highest BCUT2D eigenvalue weighted by molar-refractivity contribution is 7.89. The van der Waals surface area contributed by atoms with Gasteiger partial charge in [0, 0.05) is 12.2 Å². The number of benzene rings is 1. The lowest BCUT2D eigenvalue weighted by Crippen LogP contribution is -2.30. The van der Waals surface area contributed by atoms with E-state index in [-0.39, 0.29) is 9.92 Å². The Morgan fingerprint density at radius 3 is 2.70 bits per heavy atom. The molecule has 0 heterocycles. The molecular formula is C14H21ClN2O2S. The Morgan fingerprint density at radius 2 is 2.10 bits per heavy atom. The van der Waals surface area contributed by atoms with Crippen molar-refractivity contribution < 1.29 is 8.42 Å². The first kappa shape index (κ1) is 15.6. The van der Waals surface area contributed by atoms with E-state index in [4.69, 9.17) is 17.3 Å². The van der Waals surface area contributed by atoms with Gasteiger partial charge in [0.15, 0.2) is 0 Å². The summed E-state index contributed by atoms with van der Waals surface area (Å²) in [5.41, 5.74) is 6.99. The lowest BCUT2D eigenvalue weighted by molar-refractivity contribution is 0.414. The third kappa shape index (κ3) is 3.27. The number of hydrogen-bond acceptors (Lipinski definition) is 3. The molecule has 1 saturated carbocycles. The lowest BCUT2D eigenvalue weighted by Gasteiger charge is -2.17. The summed E-state index contributed by atoms with van der Waals surface area (Å²) in [4.78, 5) is 0.0629. The fourth-order valence-corrected chi connectivity index (χ4v) is 4.40. The highest BCUT2D eigenvalue weighted by atomic mass is 35.5. The standard InChI is InChI=1S/C14H21ClN2O2S/c1-9-4-3-5-11(9)8-17-20(18,19)14-7-13(16)10(2)6-12(14)15/h6-7,9,11,17H,3-5,8,16H2,1-2H3. The summed E-state index contributed by atoms with van der Waals surface area (Å²) in [6.07, 6.45) is 3.42. The minimum atomic E-state index is -3.60. The van der Waals surface area contributed by atoms with E-state index in [2.05, 4.69) is 11.6 Å². The van der Waals surface area contributed by atoms with E-state index >= 15 is 0 Å². The van der Waals surface area contributed by atoms with Crippen molar-refractivity contribution in [2.75, 3.05) is 12.3 Å². The summed E-state index contributed by atoms with van der Waals surface area (Å²) in [6, 6.07) is 3.02. The normalized spacial score (nSPS) is 23.1. The topological polar surface area (TPSA) is 72.2 Å². The first-order valence-electron chi connectivity index (χ1n) is 6.86. The first-order valence-corrected chi connectivity index (χ1v) is 8.72. The zero-order valence-corrected chi connectivity index (χ0v) is 13.4. The van der Waals surface area contributed by atoms with Gasteiger partial charge in [-0.05, 0) is 42.9 Å². The van der Waals surface area contributed by atoms with Crippen LogP contribution in [0.25, 0.3) is 0 Å². The summed E-state index contributed by atoms with van der Waals surface area (Å²) in [6.45, 7) is 4.43. The van der Waals surface area contributed by atoms with Crippen LogP contribution in [-0.2, 0) is 10.0 Å². The second-order valence-corrected chi connectivity index (χ2v) is 7.80. The average Bonchev–Trinajstić information content (AvgIpc) is 2.77. The third-order valence-corrected chi connectivity index (χ3v) is 6.07. The molecule has 1 aromatic carbocycles. The van der Waals surface area contributed by atoms with E-state index in [9.17, 15) is 8.42 Å². The van der Waals surface area contributed by atoms with Gasteiger partial charge in [0.05, 0.1) is 5.02 Å². The van der Waals surface area contributed by atoms with Crippen molar-refractivity contribution in [2.45, 2.75) is 38.0 Å². The molecule has 112 valence electrons. The van der Waals surface area contributed by atoms with E-state index in [0.717, 1.165) is 12.0 Å². The number of nitrogens with two attached hydrogens (primary N) is 1. The van der Waals surface area contributed by atoms with Crippen molar-refractivity contribution in [1.29, 1.82) is 0 Å². The van der Waals surface area contributed by atoms with Gasteiger partial charge in [0.25, 0.3) is 0 Å². The van der Waals surface area contributed by atoms with Crippen LogP contribution in [-0.4, -0.2) is 15.0 Å². The summed E-state index contributed by atoms with van der Waals surface area (Å²) in [5.74, 6) is 0.975. The van der Waals surface area contributed by atoms with Gasteiger partial charge in [-0.3, -0.25) is 0 Å². The molecule has 0 amide bonds. The molecule has 0 saturated heterocycles. The Morgan fingerprint density at radius 1 is 1.40 bits per heavy atom. The molecule has 0 aliphatic heterocycles. The predicted octanol–water partition coefficient (Wildman–Crippen LogP) is 2.95. The zero-order chi connectivity index (χ0) is 14.9. The fraction of sp³-hybridized carbons (Fsp3) is 0.571. The van der Waals surface area contributed by atoms with E-state index in [0.29, 0.717) is 24.1 Å². The van der Waals surface area contributed by atoms with Gasteiger partial charge in [-0.2, -0.15) is 0 Å². The predicted molar refractivity (Wildman–Crippen MR) is 82.3 cm³/mol. The van der Waals surface area contributed by atoms with Crippen LogP contribution in [0.5, 0.6) is 0 Å². The van der Waals surface area contributed by atoms with Crippen LogP contribution in [0, 0.1) is 18.8 Å². The number of nitrogen functional groups attached to an aromatic ring is 1. The van der Waals surface area contributed by atoms with Gasteiger partial charge in [-0.25, -0.2) is 13.1 Å². The van der Waals surface area contributed by atoms with Crippen molar-refractivity contribution in [3.8, 4) is 0 Å². The first-order chi connectivity index (χ1) is 9.31. The van der Waals surface area contributed by atoms with Crippen LogP contribution in [0.15, 0.2) is 17.0 Å². The number of hydrogen-bond donors (Lipinski definition) is 2. The lowest BCUT2D eigenvalue weighted by atomic mass is 9.99. The number of sulfonamides is 1. The van der Waals surface area contributed by atoms with Crippen LogP contribution in [0.3, 0.4) is 0 Å². The molecular weight excluding hydrogens is 296 g/mol. The van der Waals surface area contributed by atoms with Crippen molar-refractivity contribution in [3.63, 3.8) is 0 Å². The van der Waals surface area contributed by atoms with Crippen LogP contribution in [0.1, 0.15) is 31.7 Å². The van der Waals surface area contributed by atoms with E-state index < -0.39 is 10.0 Å². The molecule has 2 unspecified atom stereocenters. The van der Waals surface area contributed by atoms with Gasteiger partial charge >= 0.3 is 0 Å². The van der Waals surface area contributed by atoms with Crippen molar-refractivity contribution in [2.24, 2.45) is 11.8 Å². The number of nitrogens with one attached hydrogen (secondary N) is 1. The largest absolute Gasteiger partial charge is 0.398 e. The smallest absolute Gasteiger partial charge is 0.242 e. The van der Waals surface area contributed by atoms with Crippen LogP contribution < -0.4 is 10.5 Å². The monoisotopic (exact) mass is 316 g/mol. The van der Waals surface area contributed by atoms with Crippen LogP contribution in [0.2, 0.25) is 5.02 Å². The number of anilines is 1.